The number of benzene rings is 1. The van der Waals surface area contributed by atoms with Crippen molar-refractivity contribution in [1.82, 2.24) is 5.32 Å². The molecule has 0 aromatic heterocycles. The second-order valence-electron chi connectivity index (χ2n) is 6.66. The van der Waals surface area contributed by atoms with E-state index in [4.69, 9.17) is 10.5 Å². The first kappa shape index (κ1) is 17.5. The van der Waals surface area contributed by atoms with E-state index in [2.05, 4.69) is 32.2 Å². The second kappa shape index (κ2) is 6.94. The first-order valence-corrected chi connectivity index (χ1v) is 7.48. The average Bonchev–Trinajstić information content (AvgIpc) is 2.42. The molecule has 4 nitrogen and oxygen atoms in total. The summed E-state index contributed by atoms with van der Waals surface area (Å²) >= 11 is 0. The molecule has 118 valence electrons. The molecule has 1 amide bonds. The van der Waals surface area contributed by atoms with Gasteiger partial charge < -0.3 is 15.8 Å². The summed E-state index contributed by atoms with van der Waals surface area (Å²) in [4.78, 5) is 11.7. The number of carbonyl (C=O) groups excluding carboxylic acids is 1. The molecule has 0 aliphatic heterocycles. The van der Waals surface area contributed by atoms with Crippen LogP contribution in [0.3, 0.4) is 0 Å². The van der Waals surface area contributed by atoms with E-state index in [1.54, 1.807) is 6.92 Å². The predicted molar refractivity (Wildman–Crippen MR) is 86.5 cm³/mol. The van der Waals surface area contributed by atoms with Gasteiger partial charge in [0.25, 0.3) is 0 Å². The highest BCUT2D eigenvalue weighted by molar-refractivity contribution is 5.84. The predicted octanol–water partition coefficient (Wildman–Crippen LogP) is 2.61. The molecule has 0 saturated heterocycles. The number of amides is 1. The van der Waals surface area contributed by atoms with E-state index in [-0.39, 0.29) is 12.0 Å². The summed E-state index contributed by atoms with van der Waals surface area (Å²) in [5, 5.41) is 3.17. The van der Waals surface area contributed by atoms with Crippen LogP contribution in [-0.4, -0.2) is 24.6 Å². The van der Waals surface area contributed by atoms with E-state index < -0.39 is 11.4 Å². The molecule has 0 radical (unpaired) electrons. The molecule has 1 aromatic rings. The first-order valence-electron chi connectivity index (χ1n) is 7.48. The Morgan fingerprint density at radius 2 is 1.86 bits per heavy atom. The van der Waals surface area contributed by atoms with E-state index in [1.807, 2.05) is 25.1 Å². The van der Waals surface area contributed by atoms with Gasteiger partial charge in [-0.15, -0.1) is 0 Å². The van der Waals surface area contributed by atoms with E-state index in [0.717, 1.165) is 24.3 Å². The number of ether oxygens (including phenoxy) is 1. The Morgan fingerprint density at radius 3 is 2.38 bits per heavy atom. The molecular weight excluding hydrogens is 264 g/mol. The standard InChI is InChI=1S/C17H28N2O2/c1-6-11-19-17(5,15(18)20)12-21-14-10-8-7-9-13(14)16(2,3)4/h7-10,19H,6,11-12H2,1-5H3,(H2,18,20). The summed E-state index contributed by atoms with van der Waals surface area (Å²) in [6.07, 6.45) is 0.932. The Kier molecular flexibility index (Phi) is 5.78. The molecule has 3 N–H and O–H groups in total. The summed E-state index contributed by atoms with van der Waals surface area (Å²) in [6, 6.07) is 7.92. The minimum absolute atomic E-state index is 0.0173. The van der Waals surface area contributed by atoms with Gasteiger partial charge in [0, 0.05) is 0 Å². The van der Waals surface area contributed by atoms with Crippen molar-refractivity contribution < 1.29 is 9.53 Å². The minimum Gasteiger partial charge on any atom is -0.491 e. The van der Waals surface area contributed by atoms with E-state index in [9.17, 15) is 4.79 Å². The summed E-state index contributed by atoms with van der Waals surface area (Å²) in [5.74, 6) is 0.403. The number of para-hydroxylation sites is 1. The fraction of sp³-hybridized carbons (Fsp3) is 0.588. The van der Waals surface area contributed by atoms with Gasteiger partial charge in [0.2, 0.25) is 5.91 Å². The number of carbonyl (C=O) groups is 1. The maximum atomic E-state index is 11.7. The zero-order valence-electron chi connectivity index (χ0n) is 13.8. The lowest BCUT2D eigenvalue weighted by Crippen LogP contribution is -2.57. The van der Waals surface area contributed by atoms with Crippen molar-refractivity contribution >= 4 is 5.91 Å². The molecule has 0 heterocycles. The number of rotatable bonds is 7. The van der Waals surface area contributed by atoms with Crippen LogP contribution in [0.2, 0.25) is 0 Å². The highest BCUT2D eigenvalue weighted by atomic mass is 16.5. The Morgan fingerprint density at radius 1 is 1.24 bits per heavy atom. The monoisotopic (exact) mass is 292 g/mol. The van der Waals surface area contributed by atoms with E-state index in [0.29, 0.717) is 0 Å². The van der Waals surface area contributed by atoms with Gasteiger partial charge in [0.1, 0.15) is 17.9 Å². The average molecular weight is 292 g/mol. The van der Waals surface area contributed by atoms with Crippen LogP contribution >= 0.6 is 0 Å². The maximum absolute atomic E-state index is 11.7. The number of hydrogen-bond acceptors (Lipinski definition) is 3. The van der Waals surface area contributed by atoms with Gasteiger partial charge in [0.15, 0.2) is 0 Å². The van der Waals surface area contributed by atoms with Crippen molar-refractivity contribution in [1.29, 1.82) is 0 Å². The molecule has 1 atom stereocenters. The molecule has 0 fully saturated rings. The summed E-state index contributed by atoms with van der Waals surface area (Å²) in [5.41, 5.74) is 5.76. The van der Waals surface area contributed by atoms with Gasteiger partial charge in [-0.05, 0) is 36.9 Å². The summed E-state index contributed by atoms with van der Waals surface area (Å²) in [7, 11) is 0. The van der Waals surface area contributed by atoms with Crippen LogP contribution in [-0.2, 0) is 10.2 Å². The van der Waals surface area contributed by atoms with Crippen molar-refractivity contribution in [2.45, 2.75) is 52.0 Å². The minimum atomic E-state index is -0.860. The molecule has 1 aromatic carbocycles. The van der Waals surface area contributed by atoms with Crippen molar-refractivity contribution in [3.8, 4) is 5.75 Å². The van der Waals surface area contributed by atoms with Crippen molar-refractivity contribution in [2.24, 2.45) is 5.73 Å². The largest absolute Gasteiger partial charge is 0.491 e. The fourth-order valence-corrected chi connectivity index (χ4v) is 2.04. The number of nitrogens with two attached hydrogens (primary N) is 1. The topological polar surface area (TPSA) is 64.3 Å². The molecule has 21 heavy (non-hydrogen) atoms. The molecule has 1 unspecified atom stereocenters. The van der Waals surface area contributed by atoms with Crippen molar-refractivity contribution in [3.63, 3.8) is 0 Å². The maximum Gasteiger partial charge on any atom is 0.240 e. The van der Waals surface area contributed by atoms with Crippen LogP contribution in [0, 0.1) is 0 Å². The third kappa shape index (κ3) is 4.74. The molecule has 1 rings (SSSR count). The third-order valence-electron chi connectivity index (χ3n) is 3.52. The molecule has 0 aliphatic rings. The quantitative estimate of drug-likeness (QED) is 0.812. The van der Waals surface area contributed by atoms with Crippen LogP contribution in [0.1, 0.15) is 46.6 Å². The summed E-state index contributed by atoms with van der Waals surface area (Å²) in [6.45, 7) is 11.2. The summed E-state index contributed by atoms with van der Waals surface area (Å²) < 4.78 is 5.92. The Hall–Kier alpha value is -1.55. The fourth-order valence-electron chi connectivity index (χ4n) is 2.04. The molecule has 4 heteroatoms. The Balaban J connectivity index is 2.89. The van der Waals surface area contributed by atoms with Gasteiger partial charge in [0.05, 0.1) is 0 Å². The van der Waals surface area contributed by atoms with E-state index in [1.165, 1.54) is 0 Å². The molecule has 0 bridgehead atoms. The highest BCUT2D eigenvalue weighted by Gasteiger charge is 2.32. The Labute approximate surface area is 128 Å². The van der Waals surface area contributed by atoms with Crippen molar-refractivity contribution in [2.75, 3.05) is 13.2 Å². The van der Waals surface area contributed by atoms with Crippen LogP contribution < -0.4 is 15.8 Å². The smallest absolute Gasteiger partial charge is 0.240 e. The van der Waals surface area contributed by atoms with Gasteiger partial charge in [-0.1, -0.05) is 45.9 Å². The molecule has 0 spiro atoms. The zero-order chi connectivity index (χ0) is 16.1. The van der Waals surface area contributed by atoms with Crippen LogP contribution in [0.25, 0.3) is 0 Å². The number of primary amides is 1. The zero-order valence-corrected chi connectivity index (χ0v) is 13.8. The lowest BCUT2D eigenvalue weighted by molar-refractivity contribution is -0.125. The van der Waals surface area contributed by atoms with Crippen LogP contribution in [0.5, 0.6) is 5.75 Å². The van der Waals surface area contributed by atoms with Crippen LogP contribution in [0.4, 0.5) is 0 Å². The van der Waals surface area contributed by atoms with Gasteiger partial charge in [-0.3, -0.25) is 4.79 Å². The lowest BCUT2D eigenvalue weighted by Gasteiger charge is -2.29. The first-order chi connectivity index (χ1) is 9.70. The van der Waals surface area contributed by atoms with Crippen molar-refractivity contribution in [3.05, 3.63) is 29.8 Å². The highest BCUT2D eigenvalue weighted by Crippen LogP contribution is 2.31. The van der Waals surface area contributed by atoms with Crippen LogP contribution in [0.15, 0.2) is 24.3 Å². The molecular formula is C17H28N2O2. The Bertz CT molecular complexity index is 480. The molecule has 0 aliphatic carbocycles. The number of nitrogens with one attached hydrogen (secondary N) is 1. The molecule has 0 saturated carbocycles. The normalized spacial score (nSPS) is 14.5. The SMILES string of the molecule is CCCNC(C)(COc1ccccc1C(C)(C)C)C(N)=O. The van der Waals surface area contributed by atoms with Gasteiger partial charge >= 0.3 is 0 Å². The number of hydrogen-bond donors (Lipinski definition) is 2. The van der Waals surface area contributed by atoms with Gasteiger partial charge in [-0.2, -0.15) is 0 Å². The third-order valence-corrected chi connectivity index (χ3v) is 3.52. The van der Waals surface area contributed by atoms with E-state index >= 15 is 0 Å². The lowest BCUT2D eigenvalue weighted by atomic mass is 9.86. The van der Waals surface area contributed by atoms with Gasteiger partial charge in [-0.25, -0.2) is 0 Å². The second-order valence-corrected chi connectivity index (χ2v) is 6.66.